The van der Waals surface area contributed by atoms with Crippen molar-refractivity contribution in [1.29, 1.82) is 0 Å². The van der Waals surface area contributed by atoms with Crippen LogP contribution in [0, 0.1) is 12.7 Å². The van der Waals surface area contributed by atoms with E-state index in [2.05, 4.69) is 5.32 Å². The lowest BCUT2D eigenvalue weighted by atomic mass is 10.1. The summed E-state index contributed by atoms with van der Waals surface area (Å²) in [7, 11) is 0. The molecule has 0 atom stereocenters. The maximum atomic E-state index is 13.5. The molecule has 104 valence electrons. The van der Waals surface area contributed by atoms with E-state index in [1.54, 1.807) is 20.8 Å². The van der Waals surface area contributed by atoms with Crippen molar-refractivity contribution in [3.63, 3.8) is 0 Å². The Morgan fingerprint density at radius 3 is 2.37 bits per heavy atom. The molecule has 0 aliphatic rings. The highest BCUT2D eigenvalue weighted by Gasteiger charge is 2.18. The molecule has 0 aromatic heterocycles. The Hall–Kier alpha value is -2.11. The summed E-state index contributed by atoms with van der Waals surface area (Å²) in [5.41, 5.74) is -0.864. The van der Waals surface area contributed by atoms with Crippen LogP contribution in [0.2, 0.25) is 0 Å². The standard InChI is InChI=1S/C13H16FNO4/c1-7-5-8(6-9(10(7)14)11(16)17)15-12(18)19-13(2,3)4/h5-6H,1-4H3,(H,15,18)(H,16,17). The van der Waals surface area contributed by atoms with Crippen LogP contribution in [0.3, 0.4) is 0 Å². The van der Waals surface area contributed by atoms with Gasteiger partial charge in [-0.15, -0.1) is 0 Å². The quantitative estimate of drug-likeness (QED) is 0.864. The lowest BCUT2D eigenvalue weighted by molar-refractivity contribution is 0.0632. The number of carboxylic acids is 1. The average molecular weight is 269 g/mol. The summed E-state index contributed by atoms with van der Waals surface area (Å²) in [6, 6.07) is 2.39. The van der Waals surface area contributed by atoms with Gasteiger partial charge in [-0.2, -0.15) is 0 Å². The second-order valence-electron chi connectivity index (χ2n) is 5.09. The number of halogens is 1. The molecule has 0 aliphatic carbocycles. The normalized spacial score (nSPS) is 11.0. The molecular formula is C13H16FNO4. The fraction of sp³-hybridized carbons (Fsp3) is 0.385. The number of nitrogens with one attached hydrogen (secondary N) is 1. The molecule has 0 bridgehead atoms. The van der Waals surface area contributed by atoms with Crippen molar-refractivity contribution in [2.45, 2.75) is 33.3 Å². The second-order valence-corrected chi connectivity index (χ2v) is 5.09. The van der Waals surface area contributed by atoms with Gasteiger partial charge in [-0.3, -0.25) is 5.32 Å². The van der Waals surface area contributed by atoms with Crippen LogP contribution in [0.1, 0.15) is 36.7 Å². The van der Waals surface area contributed by atoms with Crippen molar-refractivity contribution in [2.75, 3.05) is 5.32 Å². The Labute approximate surface area is 110 Å². The van der Waals surface area contributed by atoms with Crippen LogP contribution in [0.4, 0.5) is 14.9 Å². The van der Waals surface area contributed by atoms with Crippen molar-refractivity contribution in [3.8, 4) is 0 Å². The highest BCUT2D eigenvalue weighted by atomic mass is 19.1. The Bertz CT molecular complexity index is 520. The van der Waals surface area contributed by atoms with Crippen LogP contribution in [0.5, 0.6) is 0 Å². The maximum absolute atomic E-state index is 13.5. The number of amides is 1. The molecule has 0 aliphatic heterocycles. The van der Waals surface area contributed by atoms with Gasteiger partial charge in [-0.25, -0.2) is 14.0 Å². The van der Waals surface area contributed by atoms with Crippen molar-refractivity contribution in [2.24, 2.45) is 0 Å². The molecule has 0 radical (unpaired) electrons. The lowest BCUT2D eigenvalue weighted by Gasteiger charge is -2.20. The van der Waals surface area contributed by atoms with Crippen molar-refractivity contribution in [3.05, 3.63) is 29.1 Å². The minimum atomic E-state index is -1.39. The fourth-order valence-corrected chi connectivity index (χ4v) is 1.42. The topological polar surface area (TPSA) is 75.6 Å². The Morgan fingerprint density at radius 1 is 1.32 bits per heavy atom. The van der Waals surface area contributed by atoms with Crippen LogP contribution in [-0.2, 0) is 4.74 Å². The second kappa shape index (κ2) is 5.26. The van der Waals surface area contributed by atoms with Gasteiger partial charge in [-0.1, -0.05) is 0 Å². The van der Waals surface area contributed by atoms with Gasteiger partial charge in [0.2, 0.25) is 0 Å². The molecule has 0 saturated carbocycles. The minimum Gasteiger partial charge on any atom is -0.478 e. The van der Waals surface area contributed by atoms with E-state index in [0.29, 0.717) is 0 Å². The summed E-state index contributed by atoms with van der Waals surface area (Å²) in [6.45, 7) is 6.52. The number of anilines is 1. The third-order valence-electron chi connectivity index (χ3n) is 2.13. The van der Waals surface area contributed by atoms with Crippen LogP contribution < -0.4 is 5.32 Å². The summed E-state index contributed by atoms with van der Waals surface area (Å²) in [4.78, 5) is 22.4. The van der Waals surface area contributed by atoms with Gasteiger partial charge < -0.3 is 9.84 Å². The molecule has 6 heteroatoms. The molecular weight excluding hydrogens is 253 g/mol. The molecule has 1 aromatic carbocycles. The average Bonchev–Trinajstić information content (AvgIpc) is 2.19. The predicted molar refractivity (Wildman–Crippen MR) is 68.0 cm³/mol. The van der Waals surface area contributed by atoms with Crippen molar-refractivity contribution >= 4 is 17.7 Å². The number of aryl methyl sites for hydroxylation is 1. The minimum absolute atomic E-state index is 0.131. The Balaban J connectivity index is 2.97. The zero-order valence-corrected chi connectivity index (χ0v) is 11.2. The molecule has 0 fully saturated rings. The predicted octanol–water partition coefficient (Wildman–Crippen LogP) is 3.18. The first-order chi connectivity index (χ1) is 8.60. The van der Waals surface area contributed by atoms with Crippen LogP contribution in [0.15, 0.2) is 12.1 Å². The number of hydrogen-bond donors (Lipinski definition) is 2. The lowest BCUT2D eigenvalue weighted by Crippen LogP contribution is -2.27. The van der Waals surface area contributed by atoms with E-state index in [1.165, 1.54) is 13.0 Å². The molecule has 0 saturated heterocycles. The van der Waals surface area contributed by atoms with E-state index in [-0.39, 0.29) is 11.3 Å². The summed E-state index contributed by atoms with van der Waals surface area (Å²) in [5.74, 6) is -2.21. The monoisotopic (exact) mass is 269 g/mol. The smallest absolute Gasteiger partial charge is 0.412 e. The number of carbonyl (C=O) groups is 2. The van der Waals surface area contributed by atoms with Crippen molar-refractivity contribution < 1.29 is 23.8 Å². The van der Waals surface area contributed by atoms with Gasteiger partial charge >= 0.3 is 12.1 Å². The first kappa shape index (κ1) is 14.9. The van der Waals surface area contributed by atoms with Gasteiger partial charge in [0, 0.05) is 5.69 Å². The summed E-state index contributed by atoms with van der Waals surface area (Å²) >= 11 is 0. The summed E-state index contributed by atoms with van der Waals surface area (Å²) in [6.07, 6.45) is -0.727. The number of ether oxygens (including phenoxy) is 1. The highest BCUT2D eigenvalue weighted by Crippen LogP contribution is 2.20. The molecule has 1 amide bonds. The number of benzene rings is 1. The molecule has 0 unspecified atom stereocenters. The van der Waals surface area contributed by atoms with E-state index >= 15 is 0 Å². The zero-order chi connectivity index (χ0) is 14.8. The Morgan fingerprint density at radius 2 is 1.89 bits per heavy atom. The largest absolute Gasteiger partial charge is 0.478 e. The van der Waals surface area contributed by atoms with Crippen LogP contribution in [-0.4, -0.2) is 22.8 Å². The van der Waals surface area contributed by atoms with Gasteiger partial charge in [0.1, 0.15) is 11.4 Å². The molecule has 2 N–H and O–H groups in total. The van der Waals surface area contributed by atoms with E-state index in [9.17, 15) is 14.0 Å². The third-order valence-corrected chi connectivity index (χ3v) is 2.13. The molecule has 0 heterocycles. The maximum Gasteiger partial charge on any atom is 0.412 e. The number of carbonyl (C=O) groups excluding carboxylic acids is 1. The van der Waals surface area contributed by atoms with E-state index < -0.39 is 29.0 Å². The first-order valence-corrected chi connectivity index (χ1v) is 5.63. The summed E-state index contributed by atoms with van der Waals surface area (Å²) < 4.78 is 18.5. The number of rotatable bonds is 2. The van der Waals surface area contributed by atoms with E-state index in [4.69, 9.17) is 9.84 Å². The molecule has 1 aromatic rings. The van der Waals surface area contributed by atoms with Crippen LogP contribution >= 0.6 is 0 Å². The summed E-state index contributed by atoms with van der Waals surface area (Å²) in [5, 5.41) is 11.2. The highest BCUT2D eigenvalue weighted by molar-refractivity contribution is 5.92. The van der Waals surface area contributed by atoms with Gasteiger partial charge in [0.05, 0.1) is 5.56 Å². The molecule has 0 spiro atoms. The van der Waals surface area contributed by atoms with Gasteiger partial charge in [0.25, 0.3) is 0 Å². The molecule has 1 rings (SSSR count). The Kier molecular flexibility index (Phi) is 4.14. The SMILES string of the molecule is Cc1cc(NC(=O)OC(C)(C)C)cc(C(=O)O)c1F. The van der Waals surface area contributed by atoms with Gasteiger partial charge in [-0.05, 0) is 45.4 Å². The number of hydrogen-bond acceptors (Lipinski definition) is 3. The van der Waals surface area contributed by atoms with Crippen molar-refractivity contribution in [1.82, 2.24) is 0 Å². The zero-order valence-electron chi connectivity index (χ0n) is 11.2. The first-order valence-electron chi connectivity index (χ1n) is 5.63. The number of aromatic carboxylic acids is 1. The van der Waals surface area contributed by atoms with Gasteiger partial charge in [0.15, 0.2) is 0 Å². The fourth-order valence-electron chi connectivity index (χ4n) is 1.42. The van der Waals surface area contributed by atoms with E-state index in [0.717, 1.165) is 6.07 Å². The third kappa shape index (κ3) is 4.24. The molecule has 19 heavy (non-hydrogen) atoms. The van der Waals surface area contributed by atoms with E-state index in [1.807, 2.05) is 0 Å². The van der Waals surface area contributed by atoms with Crippen LogP contribution in [0.25, 0.3) is 0 Å². The molecule has 5 nitrogen and oxygen atoms in total. The number of carboxylic acid groups (broad SMARTS) is 1.